The molecule has 4 N–H and O–H groups in total. The molecule has 0 saturated carbocycles. The molecule has 156 valence electrons. The molecule has 0 spiro atoms. The van der Waals surface area contributed by atoms with E-state index in [0.717, 1.165) is 16.0 Å². The van der Waals surface area contributed by atoms with Crippen LogP contribution in [0.15, 0.2) is 36.4 Å². The molecule has 1 aliphatic heterocycles. The van der Waals surface area contributed by atoms with Crippen LogP contribution in [0.2, 0.25) is 5.02 Å². The number of hydrogen-bond donors (Lipinski definition) is 3. The minimum absolute atomic E-state index is 0.205. The number of halogens is 1. The summed E-state index contributed by atoms with van der Waals surface area (Å²) in [7, 11) is 0. The van der Waals surface area contributed by atoms with Crippen molar-refractivity contribution in [2.75, 3.05) is 11.9 Å². The Morgan fingerprint density at radius 1 is 1.20 bits per heavy atom. The normalized spacial score (nSPS) is 18.3. The molecule has 3 rings (SSSR count). The van der Waals surface area contributed by atoms with Crippen LogP contribution >= 0.6 is 11.6 Å². The van der Waals surface area contributed by atoms with Gasteiger partial charge in [-0.3, -0.25) is 19.3 Å². The lowest BCUT2D eigenvalue weighted by Gasteiger charge is -2.22. The number of carbonyl (C=O) groups excluding carboxylic acids is 4. The molecule has 2 aromatic carbocycles. The summed E-state index contributed by atoms with van der Waals surface area (Å²) in [6.45, 7) is 4.70. The quantitative estimate of drug-likeness (QED) is 0.633. The third-order valence-corrected chi connectivity index (χ3v) is 5.30. The number of imide groups is 1. The van der Waals surface area contributed by atoms with E-state index in [1.54, 1.807) is 25.1 Å². The van der Waals surface area contributed by atoms with E-state index in [-0.39, 0.29) is 5.56 Å². The maximum absolute atomic E-state index is 13.0. The van der Waals surface area contributed by atoms with Gasteiger partial charge in [0.2, 0.25) is 11.8 Å². The summed E-state index contributed by atoms with van der Waals surface area (Å²) in [6.07, 6.45) is 0. The number of primary amides is 1. The SMILES string of the molecule is Cc1cc(C)c(NC(=O)CN2C(=O)NC(C)(c3cccc(C(N)=O)c3)C2=O)c(Cl)c1. The minimum Gasteiger partial charge on any atom is -0.366 e. The molecule has 1 aliphatic rings. The van der Waals surface area contributed by atoms with Crippen LogP contribution in [-0.2, 0) is 15.1 Å². The zero-order valence-electron chi connectivity index (χ0n) is 16.7. The van der Waals surface area contributed by atoms with Crippen LogP contribution in [0.1, 0.15) is 34.0 Å². The number of nitrogens with two attached hydrogens (primary N) is 1. The van der Waals surface area contributed by atoms with Crippen molar-refractivity contribution in [2.24, 2.45) is 5.73 Å². The molecule has 0 aliphatic carbocycles. The van der Waals surface area contributed by atoms with Gasteiger partial charge in [-0.1, -0.05) is 29.8 Å². The summed E-state index contributed by atoms with van der Waals surface area (Å²) in [5, 5.41) is 5.62. The highest BCUT2D eigenvalue weighted by molar-refractivity contribution is 6.34. The van der Waals surface area contributed by atoms with Crippen LogP contribution in [0.25, 0.3) is 0 Å². The molecule has 9 heteroatoms. The monoisotopic (exact) mass is 428 g/mol. The van der Waals surface area contributed by atoms with E-state index < -0.39 is 35.8 Å². The van der Waals surface area contributed by atoms with E-state index in [1.807, 2.05) is 13.0 Å². The number of urea groups is 1. The van der Waals surface area contributed by atoms with Crippen molar-refractivity contribution in [2.45, 2.75) is 26.3 Å². The van der Waals surface area contributed by atoms with Crippen LogP contribution < -0.4 is 16.4 Å². The highest BCUT2D eigenvalue weighted by Gasteiger charge is 2.49. The standard InChI is InChI=1S/C21H21ClN4O4/c1-11-7-12(2)17(15(22)8-11)24-16(27)10-26-19(29)21(3,25-20(26)30)14-6-4-5-13(9-14)18(23)28/h4-9H,10H2,1-3H3,(H2,23,28)(H,24,27)(H,25,30). The number of anilines is 1. The fraction of sp³-hybridized carbons (Fsp3) is 0.238. The summed E-state index contributed by atoms with van der Waals surface area (Å²) < 4.78 is 0. The van der Waals surface area contributed by atoms with E-state index >= 15 is 0 Å². The Hall–Kier alpha value is -3.39. The molecular formula is C21H21ClN4O4. The fourth-order valence-electron chi connectivity index (χ4n) is 3.42. The zero-order valence-corrected chi connectivity index (χ0v) is 17.5. The lowest BCUT2D eigenvalue weighted by molar-refractivity contribution is -0.133. The third kappa shape index (κ3) is 3.86. The van der Waals surface area contributed by atoms with Crippen LogP contribution in [0, 0.1) is 13.8 Å². The Kier molecular flexibility index (Phi) is 5.54. The molecule has 1 fully saturated rings. The molecule has 1 unspecified atom stereocenters. The first kappa shape index (κ1) is 21.3. The number of carbonyl (C=O) groups is 4. The van der Waals surface area contributed by atoms with E-state index in [0.29, 0.717) is 16.3 Å². The Morgan fingerprint density at radius 2 is 1.90 bits per heavy atom. The van der Waals surface area contributed by atoms with Gasteiger partial charge in [-0.25, -0.2) is 4.79 Å². The highest BCUT2D eigenvalue weighted by atomic mass is 35.5. The van der Waals surface area contributed by atoms with Gasteiger partial charge in [-0.05, 0) is 55.7 Å². The van der Waals surface area contributed by atoms with E-state index in [9.17, 15) is 19.2 Å². The lowest BCUT2D eigenvalue weighted by atomic mass is 9.90. The summed E-state index contributed by atoms with van der Waals surface area (Å²) in [5.41, 5.74) is 6.60. The van der Waals surface area contributed by atoms with Crippen molar-refractivity contribution in [1.29, 1.82) is 0 Å². The van der Waals surface area contributed by atoms with Gasteiger partial charge in [-0.15, -0.1) is 0 Å². The molecular weight excluding hydrogens is 408 g/mol. The van der Waals surface area contributed by atoms with Gasteiger partial charge in [-0.2, -0.15) is 0 Å². The van der Waals surface area contributed by atoms with E-state index in [1.165, 1.54) is 19.1 Å². The van der Waals surface area contributed by atoms with E-state index in [2.05, 4.69) is 10.6 Å². The van der Waals surface area contributed by atoms with Gasteiger partial charge < -0.3 is 16.4 Å². The molecule has 30 heavy (non-hydrogen) atoms. The maximum Gasteiger partial charge on any atom is 0.325 e. The molecule has 8 nitrogen and oxygen atoms in total. The predicted octanol–water partition coefficient (Wildman–Crippen LogP) is 2.46. The Bertz CT molecular complexity index is 1060. The summed E-state index contributed by atoms with van der Waals surface area (Å²) in [4.78, 5) is 50.3. The Balaban J connectivity index is 1.81. The second-order valence-electron chi connectivity index (χ2n) is 7.38. The van der Waals surface area contributed by atoms with E-state index in [4.69, 9.17) is 17.3 Å². The van der Waals surface area contributed by atoms with Gasteiger partial charge in [0.25, 0.3) is 5.91 Å². The van der Waals surface area contributed by atoms with Crippen molar-refractivity contribution < 1.29 is 19.2 Å². The molecule has 2 aromatic rings. The van der Waals surface area contributed by atoms with Crippen LogP contribution in [0.3, 0.4) is 0 Å². The second-order valence-corrected chi connectivity index (χ2v) is 7.79. The van der Waals surface area contributed by atoms with Crippen molar-refractivity contribution >= 4 is 41.0 Å². The molecule has 5 amide bonds. The number of amides is 5. The Labute approximate surface area is 178 Å². The summed E-state index contributed by atoms with van der Waals surface area (Å²) in [5.74, 6) is -1.84. The molecule has 0 bridgehead atoms. The second kappa shape index (κ2) is 7.79. The topological polar surface area (TPSA) is 122 Å². The fourth-order valence-corrected chi connectivity index (χ4v) is 3.78. The molecule has 1 heterocycles. The van der Waals surface area contributed by atoms with Gasteiger partial charge in [0.1, 0.15) is 12.1 Å². The van der Waals surface area contributed by atoms with Gasteiger partial charge in [0, 0.05) is 5.56 Å². The highest BCUT2D eigenvalue weighted by Crippen LogP contribution is 2.30. The van der Waals surface area contributed by atoms with Crippen molar-refractivity contribution in [3.63, 3.8) is 0 Å². The average Bonchev–Trinajstić information content (AvgIpc) is 2.89. The third-order valence-electron chi connectivity index (χ3n) is 5.00. The van der Waals surface area contributed by atoms with Crippen LogP contribution in [-0.4, -0.2) is 35.2 Å². The number of benzene rings is 2. The number of nitrogens with one attached hydrogen (secondary N) is 2. The van der Waals surface area contributed by atoms with Gasteiger partial charge in [0.05, 0.1) is 10.7 Å². The number of aryl methyl sites for hydroxylation is 2. The molecule has 0 radical (unpaired) electrons. The van der Waals surface area contributed by atoms with Gasteiger partial charge >= 0.3 is 6.03 Å². The molecule has 1 saturated heterocycles. The first-order valence-electron chi connectivity index (χ1n) is 9.14. The first-order chi connectivity index (χ1) is 14.0. The minimum atomic E-state index is -1.43. The molecule has 1 atom stereocenters. The smallest absolute Gasteiger partial charge is 0.325 e. The number of nitrogens with zero attached hydrogens (tertiary/aromatic N) is 1. The predicted molar refractivity (Wildman–Crippen MR) is 112 cm³/mol. The van der Waals surface area contributed by atoms with Gasteiger partial charge in [0.15, 0.2) is 0 Å². The van der Waals surface area contributed by atoms with Crippen LogP contribution in [0.5, 0.6) is 0 Å². The molecule has 0 aromatic heterocycles. The summed E-state index contributed by atoms with van der Waals surface area (Å²) in [6, 6.07) is 8.98. The summed E-state index contributed by atoms with van der Waals surface area (Å²) >= 11 is 6.21. The zero-order chi connectivity index (χ0) is 22.2. The van der Waals surface area contributed by atoms with Crippen molar-refractivity contribution in [1.82, 2.24) is 10.2 Å². The lowest BCUT2D eigenvalue weighted by Crippen LogP contribution is -2.42. The maximum atomic E-state index is 13.0. The number of hydrogen-bond acceptors (Lipinski definition) is 4. The largest absolute Gasteiger partial charge is 0.366 e. The average molecular weight is 429 g/mol. The Morgan fingerprint density at radius 3 is 2.53 bits per heavy atom. The van der Waals surface area contributed by atoms with Crippen molar-refractivity contribution in [3.8, 4) is 0 Å². The first-order valence-corrected chi connectivity index (χ1v) is 9.52. The van der Waals surface area contributed by atoms with Crippen LogP contribution in [0.4, 0.5) is 10.5 Å². The number of rotatable bonds is 5. The van der Waals surface area contributed by atoms with Crippen molar-refractivity contribution in [3.05, 3.63) is 63.7 Å².